The maximum absolute atomic E-state index is 12.7. The molecule has 1 aromatic carbocycles. The van der Waals surface area contributed by atoms with Crippen molar-refractivity contribution in [3.63, 3.8) is 0 Å². The van der Waals surface area contributed by atoms with Crippen LogP contribution in [0.25, 0.3) is 6.08 Å². The van der Waals surface area contributed by atoms with Crippen LogP contribution in [0.1, 0.15) is 31.2 Å². The lowest BCUT2D eigenvalue weighted by molar-refractivity contribution is 0.404. The fourth-order valence-electron chi connectivity index (χ4n) is 2.07. The number of piperidine rings is 1. The zero-order valence-corrected chi connectivity index (χ0v) is 9.45. The highest BCUT2D eigenvalue weighted by atomic mass is 19.1. The van der Waals surface area contributed by atoms with E-state index in [9.17, 15) is 4.39 Å². The number of halogens is 1. The number of benzene rings is 1. The molecule has 1 aromatic rings. The molecule has 1 N–H and O–H groups in total. The first-order valence-corrected chi connectivity index (χ1v) is 6.00. The van der Waals surface area contributed by atoms with Crippen LogP contribution < -0.4 is 5.32 Å². The van der Waals surface area contributed by atoms with Gasteiger partial charge in [0.15, 0.2) is 0 Å². The van der Waals surface area contributed by atoms with Crippen molar-refractivity contribution in [2.24, 2.45) is 0 Å². The number of rotatable bonds is 3. The number of nitrogens with one attached hydrogen (secondary N) is 1. The van der Waals surface area contributed by atoms with E-state index < -0.39 is 0 Å². The average Bonchev–Trinajstić information content (AvgIpc) is 2.33. The van der Waals surface area contributed by atoms with E-state index in [1.54, 1.807) is 12.1 Å². The molecule has 1 aliphatic rings. The minimum atomic E-state index is -0.175. The number of hydrogen-bond donors (Lipinski definition) is 1. The monoisotopic (exact) mass is 219 g/mol. The van der Waals surface area contributed by atoms with Crippen molar-refractivity contribution in [1.29, 1.82) is 0 Å². The van der Waals surface area contributed by atoms with Crippen molar-refractivity contribution >= 4 is 6.08 Å². The van der Waals surface area contributed by atoms with Gasteiger partial charge in [0.05, 0.1) is 0 Å². The van der Waals surface area contributed by atoms with E-state index in [0.29, 0.717) is 6.04 Å². The Morgan fingerprint density at radius 1 is 1.25 bits per heavy atom. The summed E-state index contributed by atoms with van der Waals surface area (Å²) in [4.78, 5) is 0. The molecule has 0 aliphatic carbocycles. The van der Waals surface area contributed by atoms with Crippen LogP contribution in [0.15, 0.2) is 30.3 Å². The molecule has 1 aliphatic heterocycles. The van der Waals surface area contributed by atoms with Crippen LogP contribution in [0.5, 0.6) is 0 Å². The molecule has 0 saturated carbocycles. The van der Waals surface area contributed by atoms with E-state index in [4.69, 9.17) is 0 Å². The summed E-state index contributed by atoms with van der Waals surface area (Å²) in [5, 5.41) is 3.50. The quantitative estimate of drug-likeness (QED) is 0.821. The van der Waals surface area contributed by atoms with Gasteiger partial charge >= 0.3 is 0 Å². The van der Waals surface area contributed by atoms with E-state index >= 15 is 0 Å². The van der Waals surface area contributed by atoms with Crippen molar-refractivity contribution in [2.45, 2.75) is 31.7 Å². The van der Waals surface area contributed by atoms with Crippen LogP contribution in [0, 0.1) is 5.82 Å². The number of hydrogen-bond acceptors (Lipinski definition) is 1. The summed E-state index contributed by atoms with van der Waals surface area (Å²) >= 11 is 0. The summed E-state index contributed by atoms with van der Waals surface area (Å²) in [6, 6.07) is 7.24. The molecule has 1 nitrogen and oxygen atoms in total. The van der Waals surface area contributed by atoms with Gasteiger partial charge in [0.1, 0.15) is 5.82 Å². The third kappa shape index (κ3) is 3.46. The molecule has 0 radical (unpaired) electrons. The fourth-order valence-corrected chi connectivity index (χ4v) is 2.07. The predicted molar refractivity (Wildman–Crippen MR) is 65.7 cm³/mol. The maximum atomic E-state index is 12.7. The first-order chi connectivity index (χ1) is 7.84. The summed E-state index contributed by atoms with van der Waals surface area (Å²) in [7, 11) is 0. The second-order valence-corrected chi connectivity index (χ2v) is 4.34. The van der Waals surface area contributed by atoms with Crippen molar-refractivity contribution in [2.75, 3.05) is 6.54 Å². The molecular weight excluding hydrogens is 201 g/mol. The smallest absolute Gasteiger partial charge is 0.123 e. The SMILES string of the molecule is Fc1ccc(C=CCC2CCCCN2)cc1. The Labute approximate surface area is 96.4 Å². The molecule has 2 heteroatoms. The summed E-state index contributed by atoms with van der Waals surface area (Å²) in [5.41, 5.74) is 1.07. The van der Waals surface area contributed by atoms with E-state index in [1.807, 2.05) is 0 Å². The normalized spacial score (nSPS) is 21.4. The van der Waals surface area contributed by atoms with Gasteiger partial charge in [-0.3, -0.25) is 0 Å². The minimum absolute atomic E-state index is 0.175. The largest absolute Gasteiger partial charge is 0.314 e. The van der Waals surface area contributed by atoms with Gasteiger partial charge in [0, 0.05) is 6.04 Å². The third-order valence-electron chi connectivity index (χ3n) is 3.01. The van der Waals surface area contributed by atoms with Crippen LogP contribution in [-0.4, -0.2) is 12.6 Å². The fraction of sp³-hybridized carbons (Fsp3) is 0.429. The van der Waals surface area contributed by atoms with Crippen molar-refractivity contribution in [3.05, 3.63) is 41.7 Å². The zero-order valence-electron chi connectivity index (χ0n) is 9.45. The van der Waals surface area contributed by atoms with E-state index in [1.165, 1.54) is 31.4 Å². The van der Waals surface area contributed by atoms with Gasteiger partial charge in [-0.05, 0) is 43.5 Å². The second kappa shape index (κ2) is 5.80. The summed E-state index contributed by atoms with van der Waals surface area (Å²) in [6.45, 7) is 1.15. The Bertz CT molecular complexity index is 336. The van der Waals surface area contributed by atoms with Gasteiger partial charge in [-0.1, -0.05) is 30.7 Å². The molecule has 1 unspecified atom stereocenters. The molecule has 86 valence electrons. The summed E-state index contributed by atoms with van der Waals surface area (Å²) < 4.78 is 12.7. The van der Waals surface area contributed by atoms with E-state index in [2.05, 4.69) is 17.5 Å². The second-order valence-electron chi connectivity index (χ2n) is 4.34. The van der Waals surface area contributed by atoms with Gasteiger partial charge in [0.2, 0.25) is 0 Å². The van der Waals surface area contributed by atoms with Crippen molar-refractivity contribution in [1.82, 2.24) is 5.32 Å². The van der Waals surface area contributed by atoms with Gasteiger partial charge in [0.25, 0.3) is 0 Å². The molecule has 1 saturated heterocycles. The molecule has 0 amide bonds. The molecule has 0 bridgehead atoms. The van der Waals surface area contributed by atoms with Gasteiger partial charge in [-0.25, -0.2) is 4.39 Å². The molecule has 1 atom stereocenters. The van der Waals surface area contributed by atoms with Crippen LogP contribution in [0.3, 0.4) is 0 Å². The lowest BCUT2D eigenvalue weighted by Gasteiger charge is -2.21. The molecular formula is C14H18FN. The molecule has 16 heavy (non-hydrogen) atoms. The minimum Gasteiger partial charge on any atom is -0.314 e. The van der Waals surface area contributed by atoms with E-state index in [-0.39, 0.29) is 5.82 Å². The lowest BCUT2D eigenvalue weighted by Crippen LogP contribution is -2.33. The van der Waals surface area contributed by atoms with Crippen molar-refractivity contribution < 1.29 is 4.39 Å². The first-order valence-electron chi connectivity index (χ1n) is 6.00. The Balaban J connectivity index is 1.82. The predicted octanol–water partition coefficient (Wildman–Crippen LogP) is 3.37. The highest BCUT2D eigenvalue weighted by Crippen LogP contribution is 2.12. The van der Waals surface area contributed by atoms with Gasteiger partial charge < -0.3 is 5.32 Å². The van der Waals surface area contributed by atoms with Crippen LogP contribution >= 0.6 is 0 Å². The van der Waals surface area contributed by atoms with Crippen molar-refractivity contribution in [3.8, 4) is 0 Å². The lowest BCUT2D eigenvalue weighted by atomic mass is 10.0. The molecule has 2 rings (SSSR count). The third-order valence-corrected chi connectivity index (χ3v) is 3.01. The Morgan fingerprint density at radius 3 is 2.75 bits per heavy atom. The Hall–Kier alpha value is -1.15. The summed E-state index contributed by atoms with van der Waals surface area (Å²) in [5.74, 6) is -0.175. The Morgan fingerprint density at radius 2 is 2.06 bits per heavy atom. The zero-order chi connectivity index (χ0) is 11.2. The maximum Gasteiger partial charge on any atom is 0.123 e. The van der Waals surface area contributed by atoms with Crippen LogP contribution in [-0.2, 0) is 0 Å². The standard InChI is InChI=1S/C14H18FN/c15-13-9-7-12(8-10-13)4-3-6-14-5-1-2-11-16-14/h3-4,7-10,14,16H,1-2,5-6,11H2. The van der Waals surface area contributed by atoms with Crippen LogP contribution in [0.4, 0.5) is 4.39 Å². The topological polar surface area (TPSA) is 12.0 Å². The average molecular weight is 219 g/mol. The highest BCUT2D eigenvalue weighted by molar-refractivity contribution is 5.48. The molecule has 0 aromatic heterocycles. The molecule has 1 fully saturated rings. The molecule has 0 spiro atoms. The van der Waals surface area contributed by atoms with Gasteiger partial charge in [-0.2, -0.15) is 0 Å². The van der Waals surface area contributed by atoms with Crippen LogP contribution in [0.2, 0.25) is 0 Å². The molecule has 1 heterocycles. The summed E-state index contributed by atoms with van der Waals surface area (Å²) in [6.07, 6.45) is 9.22. The highest BCUT2D eigenvalue weighted by Gasteiger charge is 2.09. The van der Waals surface area contributed by atoms with E-state index in [0.717, 1.165) is 18.5 Å². The first kappa shape index (κ1) is 11.3. The van der Waals surface area contributed by atoms with Gasteiger partial charge in [-0.15, -0.1) is 0 Å². The Kier molecular flexibility index (Phi) is 4.11.